The molecule has 0 radical (unpaired) electrons. The minimum atomic E-state index is -1.07. The molecule has 0 heterocycles. The summed E-state index contributed by atoms with van der Waals surface area (Å²) in [6, 6.07) is 3.10. The summed E-state index contributed by atoms with van der Waals surface area (Å²) in [5.41, 5.74) is 4.18. The summed E-state index contributed by atoms with van der Waals surface area (Å²) in [6.45, 7) is 9.46. The van der Waals surface area contributed by atoms with Crippen LogP contribution in [0.2, 0.25) is 0 Å². The lowest BCUT2D eigenvalue weighted by molar-refractivity contribution is -0.142. The Hall–Kier alpha value is -2.37. The quantitative estimate of drug-likeness (QED) is 0.668. The highest BCUT2D eigenvalue weighted by Crippen LogP contribution is 2.16. The van der Waals surface area contributed by atoms with Crippen molar-refractivity contribution >= 4 is 17.8 Å². The van der Waals surface area contributed by atoms with Gasteiger partial charge in [-0.3, -0.25) is 9.59 Å². The van der Waals surface area contributed by atoms with Gasteiger partial charge in [0.15, 0.2) is 0 Å². The van der Waals surface area contributed by atoms with E-state index in [4.69, 9.17) is 5.11 Å². The predicted molar refractivity (Wildman–Crippen MR) is 96.4 cm³/mol. The molecule has 0 aliphatic heterocycles. The van der Waals surface area contributed by atoms with Crippen molar-refractivity contribution in [1.82, 2.24) is 10.6 Å². The standard InChI is InChI=1S/C19H28N2O4/c1-11(2)6-16(19(24)25)21-18(23)10-20-17(22)9-15-13(4)7-12(3)8-14(15)5/h7-8,11,16H,6,9-10H2,1-5H3,(H,20,22)(H,21,23)(H,24,25)/t16-/m0/s1. The van der Waals surface area contributed by atoms with Crippen molar-refractivity contribution in [3.05, 3.63) is 34.4 Å². The minimum Gasteiger partial charge on any atom is -0.480 e. The number of carboxylic acid groups (broad SMARTS) is 1. The average Bonchev–Trinajstić information content (AvgIpc) is 2.47. The van der Waals surface area contributed by atoms with Crippen LogP contribution in [-0.2, 0) is 20.8 Å². The van der Waals surface area contributed by atoms with Gasteiger partial charge in [0, 0.05) is 0 Å². The molecule has 3 N–H and O–H groups in total. The third-order valence-corrected chi connectivity index (χ3v) is 3.96. The number of carboxylic acids is 1. The monoisotopic (exact) mass is 348 g/mol. The minimum absolute atomic E-state index is 0.142. The van der Waals surface area contributed by atoms with Crippen molar-refractivity contribution in [2.24, 2.45) is 5.92 Å². The molecule has 0 spiro atoms. The number of hydrogen-bond acceptors (Lipinski definition) is 3. The van der Waals surface area contributed by atoms with Gasteiger partial charge >= 0.3 is 5.97 Å². The third kappa shape index (κ3) is 6.95. The smallest absolute Gasteiger partial charge is 0.326 e. The van der Waals surface area contributed by atoms with E-state index in [0.29, 0.717) is 6.42 Å². The SMILES string of the molecule is Cc1cc(C)c(CC(=O)NCC(=O)N[C@@H](CC(C)C)C(=O)O)c(C)c1. The normalized spacial score (nSPS) is 11.9. The van der Waals surface area contributed by atoms with Crippen molar-refractivity contribution in [2.75, 3.05) is 6.54 Å². The molecule has 0 saturated heterocycles. The second kappa shape index (κ2) is 9.20. The molecule has 0 bridgehead atoms. The number of hydrogen-bond donors (Lipinski definition) is 3. The van der Waals surface area contributed by atoms with Crippen molar-refractivity contribution < 1.29 is 19.5 Å². The van der Waals surface area contributed by atoms with Crippen LogP contribution >= 0.6 is 0 Å². The summed E-state index contributed by atoms with van der Waals surface area (Å²) >= 11 is 0. The van der Waals surface area contributed by atoms with E-state index in [1.54, 1.807) is 0 Å². The van der Waals surface area contributed by atoms with E-state index in [2.05, 4.69) is 10.6 Å². The van der Waals surface area contributed by atoms with Crippen LogP contribution in [0.5, 0.6) is 0 Å². The highest BCUT2D eigenvalue weighted by molar-refractivity contribution is 5.88. The van der Waals surface area contributed by atoms with Crippen LogP contribution < -0.4 is 10.6 Å². The van der Waals surface area contributed by atoms with Gasteiger partial charge in [-0.15, -0.1) is 0 Å². The molecular weight excluding hydrogens is 320 g/mol. The zero-order valence-electron chi connectivity index (χ0n) is 15.6. The number of benzene rings is 1. The molecule has 2 amide bonds. The molecule has 138 valence electrons. The first-order chi connectivity index (χ1) is 11.6. The molecule has 0 aliphatic carbocycles. The number of carbonyl (C=O) groups is 3. The summed E-state index contributed by atoms with van der Waals surface area (Å²) < 4.78 is 0. The van der Waals surface area contributed by atoms with E-state index in [-0.39, 0.29) is 24.8 Å². The second-order valence-electron chi connectivity index (χ2n) is 6.92. The molecule has 0 aromatic heterocycles. The van der Waals surface area contributed by atoms with Crippen molar-refractivity contribution in [1.29, 1.82) is 0 Å². The van der Waals surface area contributed by atoms with Crippen molar-refractivity contribution in [2.45, 2.75) is 53.5 Å². The van der Waals surface area contributed by atoms with Crippen LogP contribution in [0, 0.1) is 26.7 Å². The molecule has 0 unspecified atom stereocenters. The maximum absolute atomic E-state index is 12.1. The summed E-state index contributed by atoms with van der Waals surface area (Å²) in [6.07, 6.45) is 0.538. The highest BCUT2D eigenvalue weighted by Gasteiger charge is 2.21. The van der Waals surface area contributed by atoms with Gasteiger partial charge in [0.1, 0.15) is 6.04 Å². The van der Waals surface area contributed by atoms with Gasteiger partial charge in [-0.05, 0) is 49.8 Å². The van der Waals surface area contributed by atoms with Gasteiger partial charge in [-0.2, -0.15) is 0 Å². The van der Waals surface area contributed by atoms with Gasteiger partial charge in [0.25, 0.3) is 0 Å². The average molecular weight is 348 g/mol. The first-order valence-corrected chi connectivity index (χ1v) is 8.45. The number of rotatable bonds is 8. The molecule has 1 aromatic carbocycles. The maximum atomic E-state index is 12.1. The summed E-state index contributed by atoms with van der Waals surface area (Å²) in [5.74, 6) is -1.69. The van der Waals surface area contributed by atoms with Crippen LogP contribution in [0.25, 0.3) is 0 Å². The zero-order chi connectivity index (χ0) is 19.1. The van der Waals surface area contributed by atoms with Gasteiger partial charge in [0.2, 0.25) is 11.8 Å². The fraction of sp³-hybridized carbons (Fsp3) is 0.526. The van der Waals surface area contributed by atoms with Crippen LogP contribution in [0.15, 0.2) is 12.1 Å². The fourth-order valence-corrected chi connectivity index (χ4v) is 2.83. The molecule has 0 aliphatic rings. The van der Waals surface area contributed by atoms with Crippen LogP contribution in [0.1, 0.15) is 42.5 Å². The van der Waals surface area contributed by atoms with Crippen LogP contribution in [-0.4, -0.2) is 35.5 Å². The molecule has 0 fully saturated rings. The van der Waals surface area contributed by atoms with E-state index < -0.39 is 17.9 Å². The first-order valence-electron chi connectivity index (χ1n) is 8.45. The molecule has 6 nitrogen and oxygen atoms in total. The Labute approximate surface area is 149 Å². The molecule has 25 heavy (non-hydrogen) atoms. The summed E-state index contributed by atoms with van der Waals surface area (Å²) in [4.78, 5) is 35.1. The summed E-state index contributed by atoms with van der Waals surface area (Å²) in [7, 11) is 0. The van der Waals surface area contributed by atoms with E-state index in [1.807, 2.05) is 46.8 Å². The number of carbonyl (C=O) groups excluding carboxylic acids is 2. The Bertz CT molecular complexity index is 630. The molecule has 6 heteroatoms. The lowest BCUT2D eigenvalue weighted by Gasteiger charge is -2.17. The maximum Gasteiger partial charge on any atom is 0.326 e. The number of aryl methyl sites for hydroxylation is 3. The zero-order valence-corrected chi connectivity index (χ0v) is 15.6. The molecular formula is C19H28N2O4. The molecule has 0 saturated carbocycles. The van der Waals surface area contributed by atoms with Crippen LogP contribution in [0.4, 0.5) is 0 Å². The topological polar surface area (TPSA) is 95.5 Å². The molecule has 1 atom stereocenters. The predicted octanol–water partition coefficient (Wildman–Crippen LogP) is 1.89. The van der Waals surface area contributed by atoms with E-state index >= 15 is 0 Å². The Morgan fingerprint density at radius 3 is 2.08 bits per heavy atom. The number of amides is 2. The Kier molecular flexibility index (Phi) is 7.61. The number of aliphatic carboxylic acids is 1. The molecule has 1 rings (SSSR count). The Morgan fingerprint density at radius 1 is 1.04 bits per heavy atom. The Morgan fingerprint density at radius 2 is 1.60 bits per heavy atom. The highest BCUT2D eigenvalue weighted by atomic mass is 16.4. The first kappa shape index (κ1) is 20.7. The van der Waals surface area contributed by atoms with Gasteiger partial charge < -0.3 is 15.7 Å². The van der Waals surface area contributed by atoms with E-state index in [9.17, 15) is 14.4 Å². The number of nitrogens with one attached hydrogen (secondary N) is 2. The van der Waals surface area contributed by atoms with Gasteiger partial charge in [-0.1, -0.05) is 31.5 Å². The lowest BCUT2D eigenvalue weighted by Crippen LogP contribution is -2.46. The van der Waals surface area contributed by atoms with E-state index in [0.717, 1.165) is 22.3 Å². The summed E-state index contributed by atoms with van der Waals surface area (Å²) in [5, 5.41) is 14.1. The van der Waals surface area contributed by atoms with E-state index in [1.165, 1.54) is 0 Å². The third-order valence-electron chi connectivity index (χ3n) is 3.96. The van der Waals surface area contributed by atoms with Crippen molar-refractivity contribution in [3.63, 3.8) is 0 Å². The fourth-order valence-electron chi connectivity index (χ4n) is 2.83. The largest absolute Gasteiger partial charge is 0.480 e. The van der Waals surface area contributed by atoms with Crippen LogP contribution in [0.3, 0.4) is 0 Å². The second-order valence-corrected chi connectivity index (χ2v) is 6.92. The van der Waals surface area contributed by atoms with Gasteiger partial charge in [0.05, 0.1) is 13.0 Å². The van der Waals surface area contributed by atoms with Gasteiger partial charge in [-0.25, -0.2) is 4.79 Å². The lowest BCUT2D eigenvalue weighted by atomic mass is 9.97. The van der Waals surface area contributed by atoms with Crippen molar-refractivity contribution in [3.8, 4) is 0 Å². The molecule has 1 aromatic rings. The Balaban J connectivity index is 2.56.